The van der Waals surface area contributed by atoms with Gasteiger partial charge in [-0.2, -0.15) is 0 Å². The van der Waals surface area contributed by atoms with Crippen molar-refractivity contribution < 1.29 is 9.53 Å². The SMILES string of the molecule is CCOC(=O)c1nn[nH]c1Sc1ccc(Cl)cc1. The zero-order chi connectivity index (χ0) is 13.0. The zero-order valence-corrected chi connectivity index (χ0v) is 11.1. The van der Waals surface area contributed by atoms with Gasteiger partial charge in [-0.3, -0.25) is 5.10 Å². The Labute approximate surface area is 113 Å². The predicted octanol–water partition coefficient (Wildman–Crippen LogP) is 2.79. The van der Waals surface area contributed by atoms with Gasteiger partial charge in [0, 0.05) is 9.92 Å². The lowest BCUT2D eigenvalue weighted by Crippen LogP contribution is -2.06. The lowest BCUT2D eigenvalue weighted by Gasteiger charge is -2.01. The van der Waals surface area contributed by atoms with Gasteiger partial charge in [-0.15, -0.1) is 5.10 Å². The second-order valence-electron chi connectivity index (χ2n) is 3.27. The Morgan fingerprint density at radius 3 is 2.83 bits per heavy atom. The first-order valence-electron chi connectivity index (χ1n) is 5.22. The average molecular weight is 284 g/mol. The number of ether oxygens (including phenoxy) is 1. The first kappa shape index (κ1) is 12.9. The molecule has 0 aliphatic rings. The minimum Gasteiger partial charge on any atom is -0.461 e. The van der Waals surface area contributed by atoms with E-state index in [1.165, 1.54) is 11.8 Å². The summed E-state index contributed by atoms with van der Waals surface area (Å²) >= 11 is 7.14. The molecule has 0 amide bonds. The molecule has 5 nitrogen and oxygen atoms in total. The molecule has 0 atom stereocenters. The molecule has 7 heteroatoms. The zero-order valence-electron chi connectivity index (χ0n) is 9.51. The summed E-state index contributed by atoms with van der Waals surface area (Å²) in [5.41, 5.74) is 0.191. The fourth-order valence-electron chi connectivity index (χ4n) is 1.24. The van der Waals surface area contributed by atoms with Crippen molar-refractivity contribution in [3.63, 3.8) is 0 Å². The highest BCUT2D eigenvalue weighted by Crippen LogP contribution is 2.28. The molecule has 2 rings (SSSR count). The van der Waals surface area contributed by atoms with E-state index >= 15 is 0 Å². The number of carbonyl (C=O) groups excluding carboxylic acids is 1. The van der Waals surface area contributed by atoms with Gasteiger partial charge in [-0.05, 0) is 31.2 Å². The van der Waals surface area contributed by atoms with E-state index in [0.717, 1.165) is 4.90 Å². The smallest absolute Gasteiger partial charge is 0.361 e. The Balaban J connectivity index is 2.17. The van der Waals surface area contributed by atoms with Crippen molar-refractivity contribution in [3.05, 3.63) is 35.0 Å². The van der Waals surface area contributed by atoms with Gasteiger partial charge in [-0.25, -0.2) is 4.79 Å². The lowest BCUT2D eigenvalue weighted by atomic mass is 10.4. The monoisotopic (exact) mass is 283 g/mol. The third-order valence-electron chi connectivity index (χ3n) is 2.02. The van der Waals surface area contributed by atoms with Crippen LogP contribution in [0.5, 0.6) is 0 Å². The third-order valence-corrected chi connectivity index (χ3v) is 3.27. The molecule has 0 spiro atoms. The van der Waals surface area contributed by atoms with Gasteiger partial charge in [0.1, 0.15) is 5.03 Å². The van der Waals surface area contributed by atoms with Crippen molar-refractivity contribution >= 4 is 29.3 Å². The van der Waals surface area contributed by atoms with Crippen LogP contribution >= 0.6 is 23.4 Å². The first-order valence-corrected chi connectivity index (χ1v) is 6.41. The Bertz CT molecular complexity index is 541. The van der Waals surface area contributed by atoms with Crippen LogP contribution in [0.15, 0.2) is 34.2 Å². The summed E-state index contributed by atoms with van der Waals surface area (Å²) in [6.07, 6.45) is 0. The summed E-state index contributed by atoms with van der Waals surface area (Å²) in [6, 6.07) is 7.25. The molecule has 18 heavy (non-hydrogen) atoms. The molecule has 0 unspecified atom stereocenters. The van der Waals surface area contributed by atoms with Crippen molar-refractivity contribution in [1.29, 1.82) is 0 Å². The van der Waals surface area contributed by atoms with Crippen LogP contribution in [0, 0.1) is 0 Å². The predicted molar refractivity (Wildman–Crippen MR) is 67.9 cm³/mol. The fourth-order valence-corrected chi connectivity index (χ4v) is 2.18. The number of nitrogens with zero attached hydrogens (tertiary/aromatic N) is 2. The minimum atomic E-state index is -0.484. The van der Waals surface area contributed by atoms with Crippen LogP contribution in [0.3, 0.4) is 0 Å². The van der Waals surface area contributed by atoms with Crippen molar-refractivity contribution in [3.8, 4) is 0 Å². The third kappa shape index (κ3) is 3.02. The molecule has 0 fully saturated rings. The number of hydrogen-bond donors (Lipinski definition) is 1. The van der Waals surface area contributed by atoms with Gasteiger partial charge < -0.3 is 4.74 Å². The minimum absolute atomic E-state index is 0.191. The second kappa shape index (κ2) is 5.88. The molecule has 1 aromatic heterocycles. The molecule has 0 aliphatic heterocycles. The van der Waals surface area contributed by atoms with Crippen LogP contribution in [-0.2, 0) is 4.74 Å². The average Bonchev–Trinajstić information content (AvgIpc) is 2.81. The van der Waals surface area contributed by atoms with Crippen molar-refractivity contribution in [2.75, 3.05) is 6.61 Å². The Morgan fingerprint density at radius 1 is 1.44 bits per heavy atom. The first-order chi connectivity index (χ1) is 8.70. The summed E-state index contributed by atoms with van der Waals surface area (Å²) < 4.78 is 4.89. The molecule has 1 aromatic carbocycles. The highest BCUT2D eigenvalue weighted by Gasteiger charge is 2.17. The molecule has 0 bridgehead atoms. The standard InChI is InChI=1S/C11H10ClN3O2S/c1-2-17-11(16)9-10(14-15-13-9)18-8-5-3-7(12)4-6-8/h3-6H,2H2,1H3,(H,13,14,15). The van der Waals surface area contributed by atoms with Gasteiger partial charge in [0.05, 0.1) is 6.61 Å². The maximum absolute atomic E-state index is 11.6. The summed E-state index contributed by atoms with van der Waals surface area (Å²) in [6.45, 7) is 2.04. The van der Waals surface area contributed by atoms with E-state index in [2.05, 4.69) is 15.4 Å². The number of esters is 1. The summed E-state index contributed by atoms with van der Waals surface area (Å²) in [5.74, 6) is -0.484. The molecule has 1 heterocycles. The van der Waals surface area contributed by atoms with Gasteiger partial charge in [0.2, 0.25) is 5.69 Å². The number of carbonyl (C=O) groups is 1. The van der Waals surface area contributed by atoms with E-state index in [9.17, 15) is 4.79 Å². The molecule has 0 saturated heterocycles. The van der Waals surface area contributed by atoms with E-state index in [1.54, 1.807) is 19.1 Å². The highest BCUT2D eigenvalue weighted by atomic mass is 35.5. The van der Waals surface area contributed by atoms with Crippen LogP contribution < -0.4 is 0 Å². The Kier molecular flexibility index (Phi) is 4.22. The molecule has 1 N–H and O–H groups in total. The van der Waals surface area contributed by atoms with Crippen LogP contribution in [0.4, 0.5) is 0 Å². The molecular formula is C11H10ClN3O2S. The topological polar surface area (TPSA) is 67.9 Å². The quantitative estimate of drug-likeness (QED) is 0.874. The van der Waals surface area contributed by atoms with E-state index in [4.69, 9.17) is 16.3 Å². The summed E-state index contributed by atoms with van der Waals surface area (Å²) in [5, 5.41) is 11.2. The lowest BCUT2D eigenvalue weighted by molar-refractivity contribution is 0.0515. The van der Waals surface area contributed by atoms with E-state index in [-0.39, 0.29) is 5.69 Å². The van der Waals surface area contributed by atoms with Crippen LogP contribution in [0.25, 0.3) is 0 Å². The number of nitrogens with one attached hydrogen (secondary N) is 1. The van der Waals surface area contributed by atoms with E-state index in [0.29, 0.717) is 16.7 Å². The van der Waals surface area contributed by atoms with Crippen LogP contribution in [0.2, 0.25) is 5.02 Å². The second-order valence-corrected chi connectivity index (χ2v) is 4.79. The largest absolute Gasteiger partial charge is 0.461 e. The highest BCUT2D eigenvalue weighted by molar-refractivity contribution is 7.99. The van der Waals surface area contributed by atoms with Gasteiger partial charge in [0.15, 0.2) is 0 Å². The Hall–Kier alpha value is -1.53. The number of rotatable bonds is 4. The number of aromatic nitrogens is 3. The van der Waals surface area contributed by atoms with E-state index in [1.807, 2.05) is 12.1 Å². The van der Waals surface area contributed by atoms with Crippen molar-refractivity contribution in [2.45, 2.75) is 16.8 Å². The number of benzene rings is 1. The van der Waals surface area contributed by atoms with Crippen LogP contribution in [-0.4, -0.2) is 28.0 Å². The summed E-state index contributed by atoms with van der Waals surface area (Å²) in [4.78, 5) is 12.5. The van der Waals surface area contributed by atoms with E-state index < -0.39 is 5.97 Å². The summed E-state index contributed by atoms with van der Waals surface area (Å²) in [7, 11) is 0. The maximum Gasteiger partial charge on any atom is 0.361 e. The van der Waals surface area contributed by atoms with Crippen molar-refractivity contribution in [2.24, 2.45) is 0 Å². The Morgan fingerprint density at radius 2 is 2.17 bits per heavy atom. The molecule has 0 aliphatic carbocycles. The molecule has 2 aromatic rings. The number of H-pyrrole nitrogens is 1. The van der Waals surface area contributed by atoms with Gasteiger partial charge >= 0.3 is 5.97 Å². The molecular weight excluding hydrogens is 274 g/mol. The number of halogens is 1. The fraction of sp³-hybridized carbons (Fsp3) is 0.182. The maximum atomic E-state index is 11.6. The number of hydrogen-bond acceptors (Lipinski definition) is 5. The number of aromatic amines is 1. The van der Waals surface area contributed by atoms with Crippen molar-refractivity contribution in [1.82, 2.24) is 15.4 Å². The normalized spacial score (nSPS) is 10.3. The molecule has 0 saturated carbocycles. The van der Waals surface area contributed by atoms with Gasteiger partial charge in [0.25, 0.3) is 0 Å². The molecule has 94 valence electrons. The van der Waals surface area contributed by atoms with Crippen LogP contribution in [0.1, 0.15) is 17.4 Å². The van der Waals surface area contributed by atoms with Gasteiger partial charge in [-0.1, -0.05) is 28.6 Å². The molecule has 0 radical (unpaired) electrons.